The lowest BCUT2D eigenvalue weighted by molar-refractivity contribution is 0.414. The van der Waals surface area contributed by atoms with Crippen LogP contribution in [0.1, 0.15) is 5.56 Å². The van der Waals surface area contributed by atoms with Crippen molar-refractivity contribution in [3.05, 3.63) is 80.1 Å². The summed E-state index contributed by atoms with van der Waals surface area (Å²) < 4.78 is 22.2. The third kappa shape index (κ3) is 3.72. The maximum absolute atomic E-state index is 14.2. The molecule has 0 saturated heterocycles. The number of benzene rings is 2. The number of nitrogens with zero attached hydrogens (tertiary/aromatic N) is 2. The van der Waals surface area contributed by atoms with Crippen LogP contribution >= 0.6 is 39.0 Å². The van der Waals surface area contributed by atoms with Gasteiger partial charge in [-0.3, -0.25) is 9.36 Å². The SMILES string of the molecule is COc1ccc(-n2c(SCc3ccc(Br)cc3F)nc3ccsc3c2=O)cc1. The first kappa shape index (κ1) is 19.2. The Morgan fingerprint density at radius 3 is 2.71 bits per heavy atom. The molecule has 0 amide bonds. The molecule has 4 rings (SSSR count). The van der Waals surface area contributed by atoms with E-state index in [2.05, 4.69) is 20.9 Å². The smallest absolute Gasteiger partial charge is 0.276 e. The topological polar surface area (TPSA) is 44.1 Å². The van der Waals surface area contributed by atoms with Crippen molar-refractivity contribution in [1.29, 1.82) is 0 Å². The Balaban J connectivity index is 1.78. The van der Waals surface area contributed by atoms with Crippen molar-refractivity contribution in [2.45, 2.75) is 10.9 Å². The quantitative estimate of drug-likeness (QED) is 0.275. The van der Waals surface area contributed by atoms with E-state index in [1.165, 1.54) is 29.2 Å². The fraction of sp³-hybridized carbons (Fsp3) is 0.100. The highest BCUT2D eigenvalue weighted by molar-refractivity contribution is 9.10. The molecule has 0 fully saturated rings. The minimum Gasteiger partial charge on any atom is -0.497 e. The fourth-order valence-electron chi connectivity index (χ4n) is 2.73. The number of hydrogen-bond donors (Lipinski definition) is 0. The molecule has 0 aliphatic rings. The van der Waals surface area contributed by atoms with Gasteiger partial charge in [0, 0.05) is 10.2 Å². The molecule has 2 heterocycles. The number of methoxy groups -OCH3 is 1. The van der Waals surface area contributed by atoms with Crippen LogP contribution in [0.3, 0.4) is 0 Å². The van der Waals surface area contributed by atoms with E-state index < -0.39 is 0 Å². The molecule has 4 nitrogen and oxygen atoms in total. The number of fused-ring (bicyclic) bond motifs is 1. The molecule has 0 unspecified atom stereocenters. The Kier molecular flexibility index (Phi) is 5.52. The van der Waals surface area contributed by atoms with E-state index in [0.29, 0.717) is 42.6 Å². The van der Waals surface area contributed by atoms with E-state index >= 15 is 0 Å². The van der Waals surface area contributed by atoms with Gasteiger partial charge in [0.1, 0.15) is 16.3 Å². The van der Waals surface area contributed by atoms with Crippen molar-refractivity contribution >= 4 is 49.2 Å². The van der Waals surface area contributed by atoms with Crippen LogP contribution in [0.15, 0.2) is 68.3 Å². The highest BCUT2D eigenvalue weighted by Crippen LogP contribution is 2.28. The first-order chi connectivity index (χ1) is 13.6. The minimum absolute atomic E-state index is 0.135. The second-order valence-corrected chi connectivity index (χ2v) is 8.67. The molecule has 142 valence electrons. The van der Waals surface area contributed by atoms with Gasteiger partial charge in [-0.15, -0.1) is 11.3 Å². The molecule has 0 N–H and O–H groups in total. The van der Waals surface area contributed by atoms with E-state index in [9.17, 15) is 9.18 Å². The van der Waals surface area contributed by atoms with Gasteiger partial charge in [0.05, 0.1) is 18.3 Å². The van der Waals surface area contributed by atoms with Gasteiger partial charge in [-0.1, -0.05) is 33.8 Å². The molecule has 0 spiro atoms. The number of rotatable bonds is 5. The van der Waals surface area contributed by atoms with Crippen LogP contribution in [0.4, 0.5) is 4.39 Å². The van der Waals surface area contributed by atoms with Crippen LogP contribution in [0.2, 0.25) is 0 Å². The number of aromatic nitrogens is 2. The zero-order valence-electron chi connectivity index (χ0n) is 14.7. The maximum atomic E-state index is 14.2. The molecule has 0 saturated carbocycles. The third-order valence-electron chi connectivity index (χ3n) is 4.15. The molecule has 8 heteroatoms. The summed E-state index contributed by atoms with van der Waals surface area (Å²) in [7, 11) is 1.59. The fourth-order valence-corrected chi connectivity index (χ4v) is 4.82. The van der Waals surface area contributed by atoms with Crippen molar-refractivity contribution in [2.75, 3.05) is 7.11 Å². The first-order valence-corrected chi connectivity index (χ1v) is 10.9. The summed E-state index contributed by atoms with van der Waals surface area (Å²) in [6.45, 7) is 0. The predicted molar refractivity (Wildman–Crippen MR) is 115 cm³/mol. The molecule has 28 heavy (non-hydrogen) atoms. The van der Waals surface area contributed by atoms with E-state index in [1.54, 1.807) is 35.9 Å². The third-order valence-corrected chi connectivity index (χ3v) is 6.52. The van der Waals surface area contributed by atoms with E-state index in [-0.39, 0.29) is 11.4 Å². The van der Waals surface area contributed by atoms with Gasteiger partial charge in [-0.25, -0.2) is 9.37 Å². The van der Waals surface area contributed by atoms with Crippen molar-refractivity contribution < 1.29 is 9.13 Å². The molecule has 2 aromatic heterocycles. The van der Waals surface area contributed by atoms with Gasteiger partial charge < -0.3 is 4.74 Å². The van der Waals surface area contributed by atoms with E-state index in [1.807, 2.05) is 23.6 Å². The lowest BCUT2D eigenvalue weighted by Crippen LogP contribution is -2.20. The van der Waals surface area contributed by atoms with Crippen LogP contribution in [0.5, 0.6) is 5.75 Å². The van der Waals surface area contributed by atoms with Crippen molar-refractivity contribution in [3.8, 4) is 11.4 Å². The van der Waals surface area contributed by atoms with Gasteiger partial charge in [-0.05, 0) is 53.4 Å². The minimum atomic E-state index is -0.295. The number of hydrogen-bond acceptors (Lipinski definition) is 5. The molecule has 0 bridgehead atoms. The van der Waals surface area contributed by atoms with Gasteiger partial charge in [-0.2, -0.15) is 0 Å². The van der Waals surface area contributed by atoms with Crippen LogP contribution in [0.25, 0.3) is 15.9 Å². The van der Waals surface area contributed by atoms with Crippen molar-refractivity contribution in [2.24, 2.45) is 0 Å². The average molecular weight is 477 g/mol. The predicted octanol–water partition coefficient (Wildman–Crippen LogP) is 5.65. The second-order valence-electron chi connectivity index (χ2n) is 5.89. The normalized spacial score (nSPS) is 11.1. The summed E-state index contributed by atoms with van der Waals surface area (Å²) in [6.07, 6.45) is 0. The second kappa shape index (κ2) is 8.06. The van der Waals surface area contributed by atoms with Gasteiger partial charge in [0.15, 0.2) is 5.16 Å². The summed E-state index contributed by atoms with van der Waals surface area (Å²) >= 11 is 5.95. The molecular weight excluding hydrogens is 463 g/mol. The van der Waals surface area contributed by atoms with E-state index in [4.69, 9.17) is 4.74 Å². The highest BCUT2D eigenvalue weighted by Gasteiger charge is 2.15. The first-order valence-electron chi connectivity index (χ1n) is 8.28. The Morgan fingerprint density at radius 2 is 2.00 bits per heavy atom. The summed E-state index contributed by atoms with van der Waals surface area (Å²) in [5.41, 5.74) is 1.75. The lowest BCUT2D eigenvalue weighted by Gasteiger charge is -2.13. The summed E-state index contributed by atoms with van der Waals surface area (Å²) in [5.74, 6) is 0.766. The largest absolute Gasteiger partial charge is 0.497 e. The van der Waals surface area contributed by atoms with Gasteiger partial charge in [0.2, 0.25) is 0 Å². The molecule has 0 aliphatic heterocycles. The van der Waals surface area contributed by atoms with Gasteiger partial charge in [0.25, 0.3) is 5.56 Å². The standard InChI is InChI=1S/C20H14BrFN2O2S2/c1-26-15-6-4-14(5-7-15)24-19(25)18-17(8-9-27-18)23-20(24)28-11-12-2-3-13(21)10-16(12)22/h2-10H,11H2,1H3. The van der Waals surface area contributed by atoms with Crippen LogP contribution in [0, 0.1) is 5.82 Å². The zero-order valence-corrected chi connectivity index (χ0v) is 17.9. The Labute approximate surface area is 177 Å². The number of ether oxygens (including phenoxy) is 1. The van der Waals surface area contributed by atoms with Crippen LogP contribution < -0.4 is 10.3 Å². The summed E-state index contributed by atoms with van der Waals surface area (Å²) in [4.78, 5) is 17.7. The highest BCUT2D eigenvalue weighted by atomic mass is 79.9. The molecule has 0 aliphatic carbocycles. The number of thiophene rings is 1. The van der Waals surface area contributed by atoms with Crippen LogP contribution in [-0.2, 0) is 5.75 Å². The van der Waals surface area contributed by atoms with E-state index in [0.717, 1.165) is 0 Å². The van der Waals surface area contributed by atoms with Crippen molar-refractivity contribution in [3.63, 3.8) is 0 Å². The molecular formula is C20H14BrFN2O2S2. The maximum Gasteiger partial charge on any atom is 0.276 e. The molecule has 0 atom stereocenters. The molecule has 0 radical (unpaired) electrons. The Bertz CT molecular complexity index is 1210. The number of thioether (sulfide) groups is 1. The number of halogens is 2. The van der Waals surface area contributed by atoms with Crippen molar-refractivity contribution in [1.82, 2.24) is 9.55 Å². The zero-order chi connectivity index (χ0) is 19.7. The van der Waals surface area contributed by atoms with Crippen LogP contribution in [-0.4, -0.2) is 16.7 Å². The summed E-state index contributed by atoms with van der Waals surface area (Å²) in [5, 5.41) is 2.36. The summed E-state index contributed by atoms with van der Waals surface area (Å²) in [6, 6.07) is 14.0. The lowest BCUT2D eigenvalue weighted by atomic mass is 10.2. The Hall–Kier alpha value is -2.16. The monoisotopic (exact) mass is 476 g/mol. The molecule has 2 aromatic carbocycles. The molecule has 4 aromatic rings. The Morgan fingerprint density at radius 1 is 1.21 bits per heavy atom. The average Bonchev–Trinajstić information content (AvgIpc) is 3.17. The van der Waals surface area contributed by atoms with Gasteiger partial charge >= 0.3 is 0 Å².